The molecule has 1 atom stereocenters. The van der Waals surface area contributed by atoms with Gasteiger partial charge in [0.15, 0.2) is 0 Å². The maximum Gasteiger partial charge on any atom is 0.320 e. The Morgan fingerprint density at radius 2 is 1.29 bits per heavy atom. The molecule has 0 spiro atoms. The van der Waals surface area contributed by atoms with Crippen LogP contribution in [0.5, 0.6) is 0 Å². The molecule has 0 aliphatic carbocycles. The van der Waals surface area contributed by atoms with Crippen LogP contribution in [0.1, 0.15) is 55.4 Å². The molecule has 0 saturated carbocycles. The zero-order chi connectivity index (χ0) is 23.7. The average Bonchev–Trinajstić information content (AvgIpc) is 2.58. The maximum absolute atomic E-state index is 12.5. The second-order valence-electron chi connectivity index (χ2n) is 11.3. The van der Waals surface area contributed by atoms with Crippen molar-refractivity contribution >= 4 is 5.97 Å². The molecule has 1 fully saturated rings. The van der Waals surface area contributed by atoms with E-state index in [4.69, 9.17) is 4.74 Å². The normalized spacial score (nSPS) is 21.3. The topological polar surface area (TPSA) is 59.5 Å². The van der Waals surface area contributed by atoms with Gasteiger partial charge in [0.1, 0.15) is 5.60 Å². The van der Waals surface area contributed by atoms with Gasteiger partial charge in [-0.3, -0.25) is 14.6 Å². The van der Waals surface area contributed by atoms with Gasteiger partial charge in [-0.05, 0) is 39.7 Å². The van der Waals surface area contributed by atoms with E-state index in [0.29, 0.717) is 13.1 Å². The number of likely N-dealkylation sites (N-methyl/N-ethyl adjacent to an activating group) is 1. The molecule has 1 saturated heterocycles. The first-order chi connectivity index (χ1) is 14.3. The first kappa shape index (κ1) is 28.3. The molecule has 0 radical (unpaired) electrons. The monoisotopic (exact) mass is 442 g/mol. The highest BCUT2D eigenvalue weighted by atomic mass is 16.6. The standard InChI is InChI=1S/C24H50N4O3/c1-9-25-10-12-27(19-22(30)31-24(6,7)8)14-13-26(18-21(2)29)15-17-28(16-11-25)20-23(3,4)5/h21,29H,9-20H2,1-8H3. The van der Waals surface area contributed by atoms with Crippen molar-refractivity contribution in [1.29, 1.82) is 0 Å². The summed E-state index contributed by atoms with van der Waals surface area (Å²) in [5, 5.41) is 10.0. The molecule has 0 aromatic carbocycles. The van der Waals surface area contributed by atoms with Crippen LogP contribution >= 0.6 is 0 Å². The van der Waals surface area contributed by atoms with Gasteiger partial charge in [0, 0.05) is 65.4 Å². The van der Waals surface area contributed by atoms with Crippen molar-refractivity contribution in [3.63, 3.8) is 0 Å². The number of hydrogen-bond donors (Lipinski definition) is 1. The molecular weight excluding hydrogens is 392 g/mol. The highest BCUT2D eigenvalue weighted by molar-refractivity contribution is 5.72. The van der Waals surface area contributed by atoms with Crippen LogP contribution in [0.25, 0.3) is 0 Å². The molecule has 1 unspecified atom stereocenters. The zero-order valence-electron chi connectivity index (χ0n) is 21.6. The van der Waals surface area contributed by atoms with E-state index in [-0.39, 0.29) is 17.5 Å². The largest absolute Gasteiger partial charge is 0.459 e. The van der Waals surface area contributed by atoms with Gasteiger partial charge in [0.25, 0.3) is 0 Å². The van der Waals surface area contributed by atoms with Crippen LogP contribution in [0.3, 0.4) is 0 Å². The second-order valence-corrected chi connectivity index (χ2v) is 11.3. The Morgan fingerprint density at radius 3 is 1.71 bits per heavy atom. The van der Waals surface area contributed by atoms with E-state index in [1.165, 1.54) is 0 Å². The fourth-order valence-corrected chi connectivity index (χ4v) is 3.99. The molecule has 7 nitrogen and oxygen atoms in total. The van der Waals surface area contributed by atoms with Crippen molar-refractivity contribution in [1.82, 2.24) is 19.6 Å². The van der Waals surface area contributed by atoms with E-state index >= 15 is 0 Å². The van der Waals surface area contributed by atoms with E-state index in [2.05, 4.69) is 47.3 Å². The number of aliphatic hydroxyl groups excluding tert-OH is 1. The minimum atomic E-state index is -0.464. The van der Waals surface area contributed by atoms with E-state index in [9.17, 15) is 9.90 Å². The predicted molar refractivity (Wildman–Crippen MR) is 128 cm³/mol. The summed E-state index contributed by atoms with van der Waals surface area (Å²) in [7, 11) is 0. The third-order valence-electron chi connectivity index (χ3n) is 5.37. The molecule has 184 valence electrons. The number of rotatable bonds is 6. The maximum atomic E-state index is 12.5. The van der Waals surface area contributed by atoms with E-state index in [1.54, 1.807) is 0 Å². The quantitative estimate of drug-likeness (QED) is 0.631. The number of esters is 1. The van der Waals surface area contributed by atoms with Crippen LogP contribution in [-0.4, -0.2) is 121 Å². The van der Waals surface area contributed by atoms with Gasteiger partial charge in [-0.15, -0.1) is 0 Å². The fraction of sp³-hybridized carbons (Fsp3) is 0.958. The number of nitrogens with zero attached hydrogens (tertiary/aromatic N) is 4. The predicted octanol–water partition coefficient (Wildman–Crippen LogP) is 2.00. The number of ether oxygens (including phenoxy) is 1. The van der Waals surface area contributed by atoms with Crippen molar-refractivity contribution in [3.8, 4) is 0 Å². The minimum absolute atomic E-state index is 0.166. The molecule has 0 aromatic heterocycles. The summed E-state index contributed by atoms with van der Waals surface area (Å²) in [4.78, 5) is 22.0. The van der Waals surface area contributed by atoms with Crippen LogP contribution in [0.4, 0.5) is 0 Å². The molecule has 1 aliphatic rings. The Hall–Kier alpha value is -0.730. The summed E-state index contributed by atoms with van der Waals surface area (Å²) in [5.74, 6) is -0.166. The van der Waals surface area contributed by atoms with Gasteiger partial charge in [-0.1, -0.05) is 27.7 Å². The lowest BCUT2D eigenvalue weighted by atomic mass is 9.96. The van der Waals surface area contributed by atoms with E-state index in [0.717, 1.165) is 65.4 Å². The number of hydrogen-bond acceptors (Lipinski definition) is 7. The van der Waals surface area contributed by atoms with Crippen LogP contribution < -0.4 is 0 Å². The molecule has 1 N–H and O–H groups in total. The summed E-state index contributed by atoms with van der Waals surface area (Å²) >= 11 is 0. The molecule has 31 heavy (non-hydrogen) atoms. The van der Waals surface area contributed by atoms with Crippen molar-refractivity contribution in [2.24, 2.45) is 5.41 Å². The van der Waals surface area contributed by atoms with Gasteiger partial charge in [0.2, 0.25) is 0 Å². The van der Waals surface area contributed by atoms with Gasteiger partial charge in [0.05, 0.1) is 12.6 Å². The molecule has 0 amide bonds. The molecule has 1 aliphatic heterocycles. The number of β-amino-alcohol motifs (C(OH)–C–C–N with tert-alkyl or cyclic N) is 1. The summed E-state index contributed by atoms with van der Waals surface area (Å²) in [6, 6.07) is 0. The summed E-state index contributed by atoms with van der Waals surface area (Å²) in [5.41, 5.74) is -0.207. The first-order valence-electron chi connectivity index (χ1n) is 12.1. The van der Waals surface area contributed by atoms with Gasteiger partial charge >= 0.3 is 5.97 Å². The Bertz CT molecular complexity index is 514. The summed E-state index contributed by atoms with van der Waals surface area (Å²) in [6.07, 6.45) is -0.362. The third-order valence-corrected chi connectivity index (χ3v) is 5.37. The molecule has 7 heteroatoms. The van der Waals surface area contributed by atoms with Crippen molar-refractivity contribution < 1.29 is 14.6 Å². The van der Waals surface area contributed by atoms with Gasteiger partial charge in [-0.25, -0.2) is 0 Å². The number of carbonyl (C=O) groups excluding carboxylic acids is 1. The lowest BCUT2D eigenvalue weighted by molar-refractivity contribution is -0.156. The number of aliphatic hydroxyl groups is 1. The molecule has 0 aromatic rings. The SMILES string of the molecule is CCN1CCN(CC(=O)OC(C)(C)C)CCN(CC(C)O)CCN(CC(C)(C)C)CC1. The summed E-state index contributed by atoms with van der Waals surface area (Å²) < 4.78 is 5.56. The Balaban J connectivity index is 2.88. The lowest BCUT2D eigenvalue weighted by Gasteiger charge is -2.36. The van der Waals surface area contributed by atoms with Crippen LogP contribution in [-0.2, 0) is 9.53 Å². The van der Waals surface area contributed by atoms with Crippen molar-refractivity contribution in [2.45, 2.75) is 67.1 Å². The Morgan fingerprint density at radius 1 is 0.839 bits per heavy atom. The van der Waals surface area contributed by atoms with Gasteiger partial charge in [-0.2, -0.15) is 0 Å². The van der Waals surface area contributed by atoms with Crippen LogP contribution in [0.2, 0.25) is 0 Å². The first-order valence-corrected chi connectivity index (χ1v) is 12.1. The average molecular weight is 443 g/mol. The van der Waals surface area contributed by atoms with Crippen LogP contribution in [0.15, 0.2) is 0 Å². The number of carbonyl (C=O) groups is 1. The minimum Gasteiger partial charge on any atom is -0.459 e. The van der Waals surface area contributed by atoms with Gasteiger partial charge < -0.3 is 19.6 Å². The zero-order valence-corrected chi connectivity index (χ0v) is 21.6. The highest BCUT2D eigenvalue weighted by Crippen LogP contribution is 2.15. The molecule has 1 rings (SSSR count). The Labute approximate surface area is 191 Å². The molecular formula is C24H50N4O3. The molecule has 0 bridgehead atoms. The third kappa shape index (κ3) is 14.1. The highest BCUT2D eigenvalue weighted by Gasteiger charge is 2.23. The lowest BCUT2D eigenvalue weighted by Crippen LogP contribution is -2.49. The van der Waals surface area contributed by atoms with Crippen molar-refractivity contribution in [2.75, 3.05) is 78.5 Å². The second kappa shape index (κ2) is 13.1. The fourth-order valence-electron chi connectivity index (χ4n) is 3.99. The molecule has 1 heterocycles. The van der Waals surface area contributed by atoms with Crippen molar-refractivity contribution in [3.05, 3.63) is 0 Å². The Kier molecular flexibility index (Phi) is 12.0. The van der Waals surface area contributed by atoms with Crippen LogP contribution in [0, 0.1) is 5.41 Å². The summed E-state index contributed by atoms with van der Waals surface area (Å²) in [6.45, 7) is 27.1. The van der Waals surface area contributed by atoms with E-state index in [1.807, 2.05) is 27.7 Å². The smallest absolute Gasteiger partial charge is 0.320 e. The van der Waals surface area contributed by atoms with E-state index < -0.39 is 5.60 Å².